The smallest absolute Gasteiger partial charge is 0.313 e. The molecule has 4 aliphatic rings. The molecule has 1 amide bonds. The van der Waals surface area contributed by atoms with E-state index >= 15 is 8.78 Å². The molecule has 0 bridgehead atoms. The van der Waals surface area contributed by atoms with Gasteiger partial charge in [-0.1, -0.05) is 70.4 Å². The largest absolute Gasteiger partial charge is 0.494 e. The number of imidazole rings is 2. The normalized spacial score (nSPS) is 22.7. The molecule has 56 heavy (non-hydrogen) atoms. The van der Waals surface area contributed by atoms with E-state index in [2.05, 4.69) is 20.3 Å². The van der Waals surface area contributed by atoms with Gasteiger partial charge in [-0.25, -0.2) is 9.97 Å². The van der Waals surface area contributed by atoms with Crippen LogP contribution < -0.4 is 10.4 Å². The maximum atomic E-state index is 16.3. The van der Waals surface area contributed by atoms with Crippen LogP contribution in [-0.4, -0.2) is 73.1 Å². The average Bonchev–Trinajstić information content (AvgIpc) is 4.08. The van der Waals surface area contributed by atoms with E-state index in [9.17, 15) is 15.1 Å². The second kappa shape index (κ2) is 12.8. The van der Waals surface area contributed by atoms with Crippen LogP contribution in [0.1, 0.15) is 72.7 Å². The Balaban J connectivity index is 0.967. The highest BCUT2D eigenvalue weighted by Gasteiger charge is 2.60. The molecule has 3 aliphatic heterocycles. The van der Waals surface area contributed by atoms with E-state index < -0.39 is 34.6 Å². The summed E-state index contributed by atoms with van der Waals surface area (Å²) in [6, 6.07) is 23.0. The first-order chi connectivity index (χ1) is 27.0. The van der Waals surface area contributed by atoms with Gasteiger partial charge in [-0.3, -0.25) is 0 Å². The second-order valence-corrected chi connectivity index (χ2v) is 15.2. The van der Waals surface area contributed by atoms with Gasteiger partial charge < -0.3 is 34.7 Å². The number of carbonyl (C=O) groups excluding carboxylic acids is 1. The van der Waals surface area contributed by atoms with Gasteiger partial charge in [-0.2, -0.15) is 14.0 Å². The van der Waals surface area contributed by atoms with Crippen LogP contribution in [-0.2, 0) is 15.4 Å². The number of aromatic amines is 2. The van der Waals surface area contributed by atoms with Gasteiger partial charge in [-0.05, 0) is 72.8 Å². The Bertz CT molecular complexity index is 2490. The highest BCUT2D eigenvalue weighted by atomic mass is 19.3. The number of fused-ring (bicyclic) bond motifs is 4. The molecule has 4 unspecified atom stereocenters. The predicted molar refractivity (Wildman–Crippen MR) is 199 cm³/mol. The summed E-state index contributed by atoms with van der Waals surface area (Å²) in [6.07, 6.45) is 2.24. The standard InChI is InChI=1S/C42H39F2N7O5/c1-24(25-6-3-2-4-7-25)51(54,40(52)53)50-23-41(55-16-17-56-41)21-37(50)39-47-33-14-11-27(20-35(33)48-39)26-9-12-29-30-13-10-28(19-32(30)42(43,44)31(29)18-26)36-22-46-38(49-36)34-8-5-15-45-34/h2-4,6-7,9-14,18-20,22,24,34,37,45,54H,5,8,15-17,21,23H2,1H3,(H2-,46,47,48,49,52,53). The van der Waals surface area contributed by atoms with Crippen molar-refractivity contribution in [2.75, 3.05) is 26.3 Å². The van der Waals surface area contributed by atoms with Crippen LogP contribution in [0.25, 0.3) is 44.5 Å². The molecule has 1 spiro atoms. The summed E-state index contributed by atoms with van der Waals surface area (Å²) in [6.45, 7) is 3.14. The molecule has 3 saturated heterocycles. The highest BCUT2D eigenvalue weighted by Crippen LogP contribution is 2.53. The van der Waals surface area contributed by atoms with E-state index in [0.717, 1.165) is 25.2 Å². The molecule has 4 atom stereocenters. The van der Waals surface area contributed by atoms with Crippen molar-refractivity contribution in [2.24, 2.45) is 0 Å². The van der Waals surface area contributed by atoms with E-state index in [1.165, 1.54) is 5.01 Å². The van der Waals surface area contributed by atoms with Crippen LogP contribution in [0, 0.1) is 0 Å². The third kappa shape index (κ3) is 5.43. The minimum atomic E-state index is -3.23. The number of aromatic nitrogens is 4. The molecule has 5 heterocycles. The van der Waals surface area contributed by atoms with Crippen molar-refractivity contribution in [3.05, 3.63) is 119 Å². The number of nitrogens with one attached hydrogen (secondary N) is 3. The number of alkyl halides is 2. The molecule has 12 nitrogen and oxygen atoms in total. The van der Waals surface area contributed by atoms with Crippen LogP contribution in [0.3, 0.4) is 0 Å². The van der Waals surface area contributed by atoms with Crippen molar-refractivity contribution in [1.82, 2.24) is 30.3 Å². The van der Waals surface area contributed by atoms with E-state index in [1.54, 1.807) is 67.7 Å². The number of halogens is 2. The fraction of sp³-hybridized carbons (Fsp3) is 0.310. The van der Waals surface area contributed by atoms with E-state index in [-0.39, 0.29) is 30.1 Å². The molecular formula is C42H39F2N7O5. The summed E-state index contributed by atoms with van der Waals surface area (Å²) in [5, 5.41) is 29.7. The van der Waals surface area contributed by atoms with E-state index in [1.807, 2.05) is 30.3 Å². The summed E-state index contributed by atoms with van der Waals surface area (Å²) in [4.78, 5) is 28.9. The molecule has 4 N–H and O–H groups in total. The molecule has 3 fully saturated rings. The number of hydrogen-bond acceptors (Lipinski definition) is 9. The highest BCUT2D eigenvalue weighted by molar-refractivity contribution is 5.87. The van der Waals surface area contributed by atoms with Gasteiger partial charge >= 0.3 is 6.09 Å². The summed E-state index contributed by atoms with van der Waals surface area (Å²) < 4.78 is 43.1. The van der Waals surface area contributed by atoms with Gasteiger partial charge in [0.05, 0.1) is 42.2 Å². The van der Waals surface area contributed by atoms with Crippen molar-refractivity contribution in [3.8, 4) is 33.5 Å². The number of quaternary nitrogens is 1. The lowest BCUT2D eigenvalue weighted by Gasteiger charge is -2.42. The number of hydroxylamine groups is 2. The van der Waals surface area contributed by atoms with E-state index in [0.29, 0.717) is 69.1 Å². The van der Waals surface area contributed by atoms with Crippen LogP contribution in [0.2, 0.25) is 0 Å². The van der Waals surface area contributed by atoms with Crippen LogP contribution in [0.4, 0.5) is 13.6 Å². The van der Waals surface area contributed by atoms with Gasteiger partial charge in [0.25, 0.3) is 5.92 Å². The number of ether oxygens (including phenoxy) is 2. The number of rotatable bonds is 7. The van der Waals surface area contributed by atoms with Gasteiger partial charge in [0.1, 0.15) is 24.2 Å². The predicted octanol–water partition coefficient (Wildman–Crippen LogP) is 6.88. The Kier molecular flexibility index (Phi) is 8.05. The van der Waals surface area contributed by atoms with Gasteiger partial charge in [0.15, 0.2) is 11.8 Å². The SMILES string of the molecule is CC(c1ccccc1)[N+](O)(C(=O)[O-])N1CC2(CC1c1nc3ccc(-c4ccc5c(c4)C(F)(F)c4cc(-c6cnc(C7CCCN7)[nH]6)ccc4-5)cc3[nH]1)OCCO2. The molecule has 6 aromatic rings. The molecule has 0 radical (unpaired) electrons. The number of hydrogen-bond donors (Lipinski definition) is 4. The van der Waals surface area contributed by atoms with E-state index in [4.69, 9.17) is 14.5 Å². The Morgan fingerprint density at radius 1 is 0.946 bits per heavy atom. The van der Waals surface area contributed by atoms with Crippen molar-refractivity contribution < 1.29 is 38.1 Å². The van der Waals surface area contributed by atoms with Gasteiger partial charge in [0, 0.05) is 28.7 Å². The molecule has 2 aromatic heterocycles. The van der Waals surface area contributed by atoms with Gasteiger partial charge in [-0.15, -0.1) is 0 Å². The fourth-order valence-corrected chi connectivity index (χ4v) is 9.03. The van der Waals surface area contributed by atoms with Crippen molar-refractivity contribution >= 4 is 17.1 Å². The first-order valence-electron chi connectivity index (χ1n) is 18.9. The number of nitrogens with zero attached hydrogens (tertiary/aromatic N) is 4. The number of carbonyl (C=O) groups is 1. The summed E-state index contributed by atoms with van der Waals surface area (Å²) in [7, 11) is 0. The summed E-state index contributed by atoms with van der Waals surface area (Å²) in [5.41, 5.74) is 5.30. The zero-order valence-electron chi connectivity index (χ0n) is 30.5. The quantitative estimate of drug-likeness (QED) is 0.0776. The van der Waals surface area contributed by atoms with Crippen molar-refractivity contribution in [1.29, 1.82) is 0 Å². The van der Waals surface area contributed by atoms with Crippen molar-refractivity contribution in [2.45, 2.75) is 56.0 Å². The van der Waals surface area contributed by atoms with Gasteiger partial charge in [0.2, 0.25) is 0 Å². The zero-order chi connectivity index (χ0) is 38.4. The molecule has 14 heteroatoms. The average molecular weight is 760 g/mol. The Morgan fingerprint density at radius 2 is 1.64 bits per heavy atom. The lowest BCUT2D eigenvalue weighted by molar-refractivity contribution is -1.16. The molecular weight excluding hydrogens is 721 g/mol. The Hall–Kier alpha value is -5.35. The Labute approximate surface area is 320 Å². The third-order valence-electron chi connectivity index (χ3n) is 12.0. The fourth-order valence-electron chi connectivity index (χ4n) is 9.03. The molecule has 0 saturated carbocycles. The molecule has 286 valence electrons. The lowest BCUT2D eigenvalue weighted by atomic mass is 9.98. The first kappa shape index (κ1) is 35.1. The van der Waals surface area contributed by atoms with Crippen LogP contribution >= 0.6 is 0 Å². The number of carboxylic acid groups (broad SMARTS) is 1. The van der Waals surface area contributed by atoms with Crippen LogP contribution in [0.5, 0.6) is 0 Å². The lowest BCUT2D eigenvalue weighted by Crippen LogP contribution is -2.67. The maximum Gasteiger partial charge on any atom is 0.313 e. The van der Waals surface area contributed by atoms with Crippen LogP contribution in [0.15, 0.2) is 91.1 Å². The number of amides is 1. The number of H-pyrrole nitrogens is 2. The topological polar surface area (TPSA) is 151 Å². The molecule has 4 aromatic carbocycles. The maximum absolute atomic E-state index is 16.3. The molecule has 10 rings (SSSR count). The number of benzene rings is 4. The summed E-state index contributed by atoms with van der Waals surface area (Å²) >= 11 is 0. The second-order valence-electron chi connectivity index (χ2n) is 15.2. The minimum Gasteiger partial charge on any atom is -0.494 e. The monoisotopic (exact) mass is 759 g/mol. The zero-order valence-corrected chi connectivity index (χ0v) is 30.5. The Morgan fingerprint density at radius 3 is 2.36 bits per heavy atom. The molecule has 1 aliphatic carbocycles. The summed E-state index contributed by atoms with van der Waals surface area (Å²) in [5.74, 6) is -3.18. The van der Waals surface area contributed by atoms with Crippen molar-refractivity contribution in [3.63, 3.8) is 0 Å². The minimum absolute atomic E-state index is 0.0448. The first-order valence-corrected chi connectivity index (χ1v) is 18.9. The third-order valence-corrected chi connectivity index (χ3v) is 12.0.